The van der Waals surface area contributed by atoms with Crippen molar-refractivity contribution in [2.45, 2.75) is 44.8 Å². The number of hydrogen-bond donors (Lipinski definition) is 1. The predicted octanol–water partition coefficient (Wildman–Crippen LogP) is 1.49. The Bertz CT molecular complexity index is 204. The molecule has 0 spiro atoms. The highest BCUT2D eigenvalue weighted by molar-refractivity contribution is 4.92. The molecule has 1 N–H and O–H groups in total. The Labute approximate surface area is 99.5 Å². The van der Waals surface area contributed by atoms with Gasteiger partial charge in [0.15, 0.2) is 0 Å². The van der Waals surface area contributed by atoms with Gasteiger partial charge < -0.3 is 10.1 Å². The molecule has 0 aromatic rings. The third kappa shape index (κ3) is 2.76. The minimum atomic E-state index is 0.495. The minimum Gasteiger partial charge on any atom is -0.377 e. The molecular weight excluding hydrogens is 200 g/mol. The molecule has 1 aliphatic carbocycles. The van der Waals surface area contributed by atoms with Crippen molar-refractivity contribution >= 4 is 0 Å². The summed E-state index contributed by atoms with van der Waals surface area (Å²) in [6.45, 7) is 6.60. The maximum absolute atomic E-state index is 5.77. The Morgan fingerprint density at radius 2 is 2.19 bits per heavy atom. The van der Waals surface area contributed by atoms with Gasteiger partial charge in [-0.2, -0.15) is 0 Å². The van der Waals surface area contributed by atoms with Gasteiger partial charge in [0.2, 0.25) is 0 Å². The summed E-state index contributed by atoms with van der Waals surface area (Å²) in [5.74, 6) is 0.880. The Morgan fingerprint density at radius 3 is 2.81 bits per heavy atom. The number of nitrogens with one attached hydrogen (secondary N) is 1. The van der Waals surface area contributed by atoms with Crippen LogP contribution in [0, 0.1) is 5.92 Å². The van der Waals surface area contributed by atoms with Crippen molar-refractivity contribution in [3.63, 3.8) is 0 Å². The molecular formula is C13H26N2O. The third-order valence-electron chi connectivity index (χ3n) is 4.12. The maximum atomic E-state index is 5.77. The van der Waals surface area contributed by atoms with Gasteiger partial charge in [-0.05, 0) is 58.7 Å². The van der Waals surface area contributed by atoms with Gasteiger partial charge in [0.05, 0.1) is 6.10 Å². The fourth-order valence-corrected chi connectivity index (χ4v) is 3.17. The minimum absolute atomic E-state index is 0.495. The number of hydrogen-bond acceptors (Lipinski definition) is 3. The van der Waals surface area contributed by atoms with Crippen LogP contribution >= 0.6 is 0 Å². The molecule has 3 atom stereocenters. The summed E-state index contributed by atoms with van der Waals surface area (Å²) >= 11 is 0. The van der Waals surface area contributed by atoms with Crippen LogP contribution in [0.3, 0.4) is 0 Å². The van der Waals surface area contributed by atoms with E-state index in [0.29, 0.717) is 6.10 Å². The highest BCUT2D eigenvalue weighted by atomic mass is 16.5. The molecule has 1 saturated heterocycles. The molecule has 3 nitrogen and oxygen atoms in total. The molecule has 0 radical (unpaired) electrons. The molecule has 1 heterocycles. The fraction of sp³-hybridized carbons (Fsp3) is 1.00. The van der Waals surface area contributed by atoms with E-state index >= 15 is 0 Å². The van der Waals surface area contributed by atoms with Crippen molar-refractivity contribution in [3.8, 4) is 0 Å². The molecule has 94 valence electrons. The maximum Gasteiger partial charge on any atom is 0.0702 e. The van der Waals surface area contributed by atoms with Crippen LogP contribution in [0.5, 0.6) is 0 Å². The Morgan fingerprint density at radius 1 is 1.31 bits per heavy atom. The van der Waals surface area contributed by atoms with Crippen LogP contribution in [-0.2, 0) is 4.74 Å². The lowest BCUT2D eigenvalue weighted by atomic mass is 9.77. The molecule has 16 heavy (non-hydrogen) atoms. The summed E-state index contributed by atoms with van der Waals surface area (Å²) in [6, 6.07) is 0.829. The standard InChI is InChI=1S/C13H26N2O/c1-3-16-12-5-4-8-15(10-12)13-7-6-11(13)9-14-2/h11-14H,3-10H2,1-2H3. The van der Waals surface area contributed by atoms with Crippen LogP contribution in [0.2, 0.25) is 0 Å². The lowest BCUT2D eigenvalue weighted by Gasteiger charge is -2.47. The van der Waals surface area contributed by atoms with E-state index < -0.39 is 0 Å². The molecule has 2 rings (SSSR count). The molecule has 0 aromatic heterocycles. The van der Waals surface area contributed by atoms with Crippen LogP contribution < -0.4 is 5.32 Å². The van der Waals surface area contributed by atoms with Gasteiger partial charge in [0.1, 0.15) is 0 Å². The molecule has 3 heteroatoms. The summed E-state index contributed by atoms with van der Waals surface area (Å²) in [7, 11) is 2.06. The smallest absolute Gasteiger partial charge is 0.0702 e. The van der Waals surface area contributed by atoms with Crippen LogP contribution in [0.4, 0.5) is 0 Å². The number of likely N-dealkylation sites (tertiary alicyclic amines) is 1. The van der Waals surface area contributed by atoms with E-state index in [1.165, 1.54) is 45.3 Å². The van der Waals surface area contributed by atoms with Crippen LogP contribution in [0.25, 0.3) is 0 Å². The van der Waals surface area contributed by atoms with E-state index in [1.807, 2.05) is 0 Å². The van der Waals surface area contributed by atoms with Crippen molar-refractivity contribution in [3.05, 3.63) is 0 Å². The molecule has 2 aliphatic rings. The summed E-state index contributed by atoms with van der Waals surface area (Å²) in [5, 5.41) is 3.32. The molecule has 1 aliphatic heterocycles. The van der Waals surface area contributed by atoms with Gasteiger partial charge in [0.25, 0.3) is 0 Å². The summed E-state index contributed by atoms with van der Waals surface area (Å²) in [4.78, 5) is 2.68. The largest absolute Gasteiger partial charge is 0.377 e. The van der Waals surface area contributed by atoms with Gasteiger partial charge in [-0.25, -0.2) is 0 Å². The first-order valence-corrected chi connectivity index (χ1v) is 6.85. The van der Waals surface area contributed by atoms with E-state index in [4.69, 9.17) is 4.74 Å². The molecule has 0 bridgehead atoms. The molecule has 2 fully saturated rings. The predicted molar refractivity (Wildman–Crippen MR) is 66.7 cm³/mol. The number of nitrogens with zero attached hydrogens (tertiary/aromatic N) is 1. The first-order chi connectivity index (χ1) is 7.85. The van der Waals surface area contributed by atoms with E-state index in [2.05, 4.69) is 24.2 Å². The zero-order chi connectivity index (χ0) is 11.4. The zero-order valence-corrected chi connectivity index (χ0v) is 10.7. The van der Waals surface area contributed by atoms with Gasteiger partial charge in [-0.15, -0.1) is 0 Å². The molecule has 0 amide bonds. The van der Waals surface area contributed by atoms with Crippen molar-refractivity contribution in [2.24, 2.45) is 5.92 Å². The Hall–Kier alpha value is -0.120. The normalized spacial score (nSPS) is 36.0. The van der Waals surface area contributed by atoms with Gasteiger partial charge in [-0.1, -0.05) is 0 Å². The molecule has 1 saturated carbocycles. The van der Waals surface area contributed by atoms with Crippen LogP contribution in [-0.4, -0.2) is 50.3 Å². The van der Waals surface area contributed by atoms with Gasteiger partial charge >= 0.3 is 0 Å². The van der Waals surface area contributed by atoms with E-state index in [-0.39, 0.29) is 0 Å². The first-order valence-electron chi connectivity index (χ1n) is 6.85. The lowest BCUT2D eigenvalue weighted by Crippen LogP contribution is -2.54. The highest BCUT2D eigenvalue weighted by Gasteiger charge is 2.36. The average molecular weight is 226 g/mol. The van der Waals surface area contributed by atoms with Gasteiger partial charge in [-0.3, -0.25) is 4.90 Å². The Balaban J connectivity index is 1.80. The summed E-state index contributed by atoms with van der Waals surface area (Å²) in [5.41, 5.74) is 0. The first kappa shape index (κ1) is 12.3. The van der Waals surface area contributed by atoms with E-state index in [9.17, 15) is 0 Å². The lowest BCUT2D eigenvalue weighted by molar-refractivity contribution is -0.0358. The average Bonchev–Trinajstić information content (AvgIpc) is 2.25. The van der Waals surface area contributed by atoms with Gasteiger partial charge in [0, 0.05) is 19.2 Å². The van der Waals surface area contributed by atoms with E-state index in [0.717, 1.165) is 18.6 Å². The van der Waals surface area contributed by atoms with Crippen molar-refractivity contribution in [1.29, 1.82) is 0 Å². The highest BCUT2D eigenvalue weighted by Crippen LogP contribution is 2.33. The van der Waals surface area contributed by atoms with Crippen molar-refractivity contribution in [2.75, 3.05) is 33.3 Å². The SMILES string of the molecule is CCOC1CCCN(C2CCC2CNC)C1. The second-order valence-electron chi connectivity index (χ2n) is 5.18. The number of ether oxygens (including phenoxy) is 1. The van der Waals surface area contributed by atoms with Crippen molar-refractivity contribution < 1.29 is 4.74 Å². The van der Waals surface area contributed by atoms with Crippen molar-refractivity contribution in [1.82, 2.24) is 10.2 Å². The second kappa shape index (κ2) is 5.99. The van der Waals surface area contributed by atoms with Crippen LogP contribution in [0.15, 0.2) is 0 Å². The number of piperidine rings is 1. The Kier molecular flexibility index (Phi) is 4.62. The summed E-state index contributed by atoms with van der Waals surface area (Å²) < 4.78 is 5.77. The topological polar surface area (TPSA) is 24.5 Å². The van der Waals surface area contributed by atoms with Crippen LogP contribution in [0.1, 0.15) is 32.6 Å². The monoisotopic (exact) mass is 226 g/mol. The third-order valence-corrected chi connectivity index (χ3v) is 4.12. The van der Waals surface area contributed by atoms with E-state index in [1.54, 1.807) is 0 Å². The zero-order valence-electron chi connectivity index (χ0n) is 10.7. The quantitative estimate of drug-likeness (QED) is 0.768. The molecule has 0 aromatic carbocycles. The second-order valence-corrected chi connectivity index (χ2v) is 5.18. The summed E-state index contributed by atoms with van der Waals surface area (Å²) in [6.07, 6.45) is 5.86. The number of rotatable bonds is 5. The fourth-order valence-electron chi connectivity index (χ4n) is 3.17. The molecule has 3 unspecified atom stereocenters.